The maximum Gasteiger partial charge on any atom is 0.293 e. The third-order valence-corrected chi connectivity index (χ3v) is 3.78. The first-order chi connectivity index (χ1) is 10.1. The number of nitrogens with one attached hydrogen (secondary N) is 1. The molecule has 0 aromatic heterocycles. The van der Waals surface area contributed by atoms with Gasteiger partial charge in [0.2, 0.25) is 0 Å². The molecule has 1 aromatic rings. The van der Waals surface area contributed by atoms with Crippen LogP contribution in [-0.4, -0.2) is 42.7 Å². The number of benzene rings is 1. The van der Waals surface area contributed by atoms with Gasteiger partial charge in [-0.3, -0.25) is 14.9 Å². The van der Waals surface area contributed by atoms with Crippen molar-refractivity contribution < 1.29 is 14.8 Å². The minimum atomic E-state index is -0.468. The summed E-state index contributed by atoms with van der Waals surface area (Å²) in [5.41, 5.74) is 0.698. The van der Waals surface area contributed by atoms with Crippen molar-refractivity contribution in [1.82, 2.24) is 5.32 Å². The molecule has 1 saturated heterocycles. The smallest absolute Gasteiger partial charge is 0.293 e. The maximum absolute atomic E-state index is 11.6. The molecule has 2 N–H and O–H groups in total. The molecule has 1 atom stereocenters. The van der Waals surface area contributed by atoms with Crippen molar-refractivity contribution in [2.75, 3.05) is 31.6 Å². The molecule has 7 heteroatoms. The van der Waals surface area contributed by atoms with Gasteiger partial charge in [0.15, 0.2) is 0 Å². The molecule has 1 aliphatic rings. The van der Waals surface area contributed by atoms with Gasteiger partial charge in [0.1, 0.15) is 5.69 Å². The molecule has 0 radical (unpaired) electrons. The summed E-state index contributed by atoms with van der Waals surface area (Å²) in [5, 5.41) is 23.0. The lowest BCUT2D eigenvalue weighted by Crippen LogP contribution is -2.37. The fourth-order valence-corrected chi connectivity index (χ4v) is 2.66. The third kappa shape index (κ3) is 3.30. The zero-order valence-electron chi connectivity index (χ0n) is 11.9. The van der Waals surface area contributed by atoms with Crippen LogP contribution in [0.25, 0.3) is 0 Å². The Morgan fingerprint density at radius 3 is 2.95 bits per heavy atom. The summed E-state index contributed by atoms with van der Waals surface area (Å²) in [6.45, 7) is 1.40. The van der Waals surface area contributed by atoms with E-state index in [-0.39, 0.29) is 29.7 Å². The largest absolute Gasteiger partial charge is 0.396 e. The van der Waals surface area contributed by atoms with E-state index in [2.05, 4.69) is 5.32 Å². The molecule has 0 bridgehead atoms. The lowest BCUT2D eigenvalue weighted by molar-refractivity contribution is -0.384. The number of carbonyl (C=O) groups excluding carboxylic acids is 1. The average Bonchev–Trinajstić information content (AvgIpc) is 2.53. The van der Waals surface area contributed by atoms with Gasteiger partial charge < -0.3 is 15.3 Å². The number of hydrogen-bond acceptors (Lipinski definition) is 5. The maximum atomic E-state index is 11.6. The Hall–Kier alpha value is -2.15. The Morgan fingerprint density at radius 1 is 1.57 bits per heavy atom. The minimum Gasteiger partial charge on any atom is -0.396 e. The first-order valence-electron chi connectivity index (χ1n) is 6.93. The Balaban J connectivity index is 2.34. The molecule has 1 aromatic carbocycles. The summed E-state index contributed by atoms with van der Waals surface area (Å²) in [6, 6.07) is 4.50. The molecule has 1 amide bonds. The number of hydrogen-bond donors (Lipinski definition) is 2. The van der Waals surface area contributed by atoms with Crippen molar-refractivity contribution in [2.45, 2.75) is 12.8 Å². The number of anilines is 1. The second-order valence-electron chi connectivity index (χ2n) is 5.18. The van der Waals surface area contributed by atoms with Crippen LogP contribution in [0.2, 0.25) is 0 Å². The lowest BCUT2D eigenvalue weighted by Gasteiger charge is -2.33. The summed E-state index contributed by atoms with van der Waals surface area (Å²) in [6.07, 6.45) is 1.82. The van der Waals surface area contributed by atoms with Crippen LogP contribution in [0, 0.1) is 16.0 Å². The van der Waals surface area contributed by atoms with Gasteiger partial charge in [0.05, 0.1) is 4.92 Å². The number of nitro benzene ring substituents is 1. The van der Waals surface area contributed by atoms with Gasteiger partial charge in [0.25, 0.3) is 11.6 Å². The average molecular weight is 293 g/mol. The van der Waals surface area contributed by atoms with E-state index in [9.17, 15) is 20.0 Å². The summed E-state index contributed by atoms with van der Waals surface area (Å²) in [4.78, 5) is 24.3. The van der Waals surface area contributed by atoms with Gasteiger partial charge in [0, 0.05) is 38.4 Å². The first-order valence-corrected chi connectivity index (χ1v) is 6.93. The van der Waals surface area contributed by atoms with Crippen LogP contribution in [0.4, 0.5) is 11.4 Å². The highest BCUT2D eigenvalue weighted by molar-refractivity contribution is 5.95. The van der Waals surface area contributed by atoms with E-state index in [1.165, 1.54) is 13.1 Å². The Bertz CT molecular complexity index is 547. The number of rotatable bonds is 4. The van der Waals surface area contributed by atoms with Gasteiger partial charge in [-0.25, -0.2) is 0 Å². The van der Waals surface area contributed by atoms with Crippen molar-refractivity contribution in [1.29, 1.82) is 0 Å². The summed E-state index contributed by atoms with van der Waals surface area (Å²) < 4.78 is 0. The molecular formula is C14H19N3O4. The standard InChI is InChI=1S/C14H19N3O4/c1-15-14(19)11-4-5-12(13(7-11)17(20)21)16-6-2-3-10(8-16)9-18/h4-5,7,10,18H,2-3,6,8-9H2,1H3,(H,15,19). The molecule has 0 aliphatic carbocycles. The van der Waals surface area contributed by atoms with Gasteiger partial charge in [-0.15, -0.1) is 0 Å². The van der Waals surface area contributed by atoms with Crippen molar-refractivity contribution in [3.63, 3.8) is 0 Å². The van der Waals surface area contributed by atoms with Crippen molar-refractivity contribution in [2.24, 2.45) is 5.92 Å². The van der Waals surface area contributed by atoms with Gasteiger partial charge in [-0.1, -0.05) is 0 Å². The van der Waals surface area contributed by atoms with Gasteiger partial charge in [-0.05, 0) is 30.9 Å². The predicted octanol–water partition coefficient (Wildman–Crippen LogP) is 1.16. The van der Waals surface area contributed by atoms with Crippen molar-refractivity contribution in [3.05, 3.63) is 33.9 Å². The Morgan fingerprint density at radius 2 is 2.33 bits per heavy atom. The summed E-state index contributed by atoms with van der Waals surface area (Å²) in [5.74, 6) is -0.214. The normalized spacial score (nSPS) is 18.4. The zero-order valence-corrected chi connectivity index (χ0v) is 11.9. The number of amides is 1. The van der Waals surface area contributed by atoms with Gasteiger partial charge >= 0.3 is 0 Å². The molecule has 0 saturated carbocycles. The molecular weight excluding hydrogens is 274 g/mol. The van der Waals surface area contributed by atoms with E-state index in [0.717, 1.165) is 19.4 Å². The Labute approximate surface area is 122 Å². The van der Waals surface area contributed by atoms with E-state index < -0.39 is 4.92 Å². The second kappa shape index (κ2) is 6.53. The van der Waals surface area contributed by atoms with E-state index in [4.69, 9.17) is 0 Å². The molecule has 1 unspecified atom stereocenters. The molecule has 1 fully saturated rings. The van der Waals surface area contributed by atoms with Crippen LogP contribution in [0.5, 0.6) is 0 Å². The highest BCUT2D eigenvalue weighted by atomic mass is 16.6. The van der Waals surface area contributed by atoms with Crippen LogP contribution in [0.15, 0.2) is 18.2 Å². The molecule has 1 heterocycles. The van der Waals surface area contributed by atoms with E-state index in [0.29, 0.717) is 12.2 Å². The van der Waals surface area contributed by atoms with Crippen LogP contribution in [-0.2, 0) is 0 Å². The second-order valence-corrected chi connectivity index (χ2v) is 5.18. The molecule has 7 nitrogen and oxygen atoms in total. The van der Waals surface area contributed by atoms with E-state index >= 15 is 0 Å². The number of piperidine rings is 1. The van der Waals surface area contributed by atoms with Crippen LogP contribution in [0.3, 0.4) is 0 Å². The minimum absolute atomic E-state index is 0.0744. The number of nitrogens with zero attached hydrogens (tertiary/aromatic N) is 2. The molecule has 21 heavy (non-hydrogen) atoms. The van der Waals surface area contributed by atoms with Crippen molar-refractivity contribution >= 4 is 17.3 Å². The van der Waals surface area contributed by atoms with Crippen LogP contribution < -0.4 is 10.2 Å². The first kappa shape index (κ1) is 15.2. The fourth-order valence-electron chi connectivity index (χ4n) is 2.66. The molecule has 1 aliphatic heterocycles. The number of carbonyl (C=O) groups is 1. The van der Waals surface area contributed by atoms with Crippen LogP contribution in [0.1, 0.15) is 23.2 Å². The quantitative estimate of drug-likeness (QED) is 0.641. The number of aliphatic hydroxyl groups is 1. The SMILES string of the molecule is CNC(=O)c1ccc(N2CCCC(CO)C2)c([N+](=O)[O-])c1. The van der Waals surface area contributed by atoms with Crippen LogP contribution >= 0.6 is 0 Å². The van der Waals surface area contributed by atoms with Gasteiger partial charge in [-0.2, -0.15) is 0 Å². The topological polar surface area (TPSA) is 95.7 Å². The highest BCUT2D eigenvalue weighted by Gasteiger charge is 2.26. The Kier molecular flexibility index (Phi) is 4.74. The monoisotopic (exact) mass is 293 g/mol. The molecule has 0 spiro atoms. The highest BCUT2D eigenvalue weighted by Crippen LogP contribution is 2.32. The van der Waals surface area contributed by atoms with Crippen molar-refractivity contribution in [3.8, 4) is 0 Å². The fraction of sp³-hybridized carbons (Fsp3) is 0.500. The zero-order chi connectivity index (χ0) is 15.4. The lowest BCUT2D eigenvalue weighted by atomic mass is 9.98. The number of nitro groups is 1. The summed E-state index contributed by atoms with van der Waals surface area (Å²) in [7, 11) is 1.48. The van der Waals surface area contributed by atoms with E-state index in [1.807, 2.05) is 4.90 Å². The predicted molar refractivity (Wildman–Crippen MR) is 78.5 cm³/mol. The third-order valence-electron chi connectivity index (χ3n) is 3.78. The number of aliphatic hydroxyl groups excluding tert-OH is 1. The summed E-state index contributed by atoms with van der Waals surface area (Å²) >= 11 is 0. The molecule has 2 rings (SSSR count). The van der Waals surface area contributed by atoms with E-state index in [1.54, 1.807) is 12.1 Å². The molecule has 114 valence electrons.